The molecule has 1 N–H and O–H groups in total. The number of carbonyl (C=O) groups excluding carboxylic acids is 1. The summed E-state index contributed by atoms with van der Waals surface area (Å²) in [4.78, 5) is 38.8. The van der Waals surface area contributed by atoms with Gasteiger partial charge < -0.3 is 14.3 Å². The van der Waals surface area contributed by atoms with E-state index in [2.05, 4.69) is 27.1 Å². The standard InChI is InChI=1S/C26H24N4O3/c31-23-15-22(28-24(29-23)19-10-5-2-6-11-19)26(32)30-13-7-12-20(17-30)25-27-16-21(33-25)14-18-8-3-1-4-9-18/h1-6,8-11,15-16,20H,7,12-14,17H2,(H,28,29,31)/t20-/m0/s1. The number of aromatic amines is 1. The summed E-state index contributed by atoms with van der Waals surface area (Å²) in [6.07, 6.45) is 4.18. The van der Waals surface area contributed by atoms with E-state index < -0.39 is 0 Å². The summed E-state index contributed by atoms with van der Waals surface area (Å²) in [7, 11) is 0. The van der Waals surface area contributed by atoms with Gasteiger partial charge in [0.1, 0.15) is 17.3 Å². The average Bonchev–Trinajstić information content (AvgIpc) is 3.33. The van der Waals surface area contributed by atoms with Crippen LogP contribution in [0.15, 0.2) is 82.1 Å². The lowest BCUT2D eigenvalue weighted by molar-refractivity contribution is 0.0691. The molecular formula is C26H24N4O3. The average molecular weight is 441 g/mol. The number of nitrogens with one attached hydrogen (secondary N) is 1. The fourth-order valence-electron chi connectivity index (χ4n) is 4.22. The zero-order chi connectivity index (χ0) is 22.6. The molecule has 0 radical (unpaired) electrons. The minimum absolute atomic E-state index is 0.0165. The van der Waals surface area contributed by atoms with Crippen molar-refractivity contribution in [3.63, 3.8) is 0 Å². The Morgan fingerprint density at radius 3 is 2.64 bits per heavy atom. The predicted octanol–water partition coefficient (Wildman–Crippen LogP) is 4.04. The lowest BCUT2D eigenvalue weighted by atomic mass is 9.97. The van der Waals surface area contributed by atoms with Gasteiger partial charge in [-0.25, -0.2) is 9.97 Å². The first-order chi connectivity index (χ1) is 16.2. The van der Waals surface area contributed by atoms with Crippen LogP contribution in [0.2, 0.25) is 0 Å². The monoisotopic (exact) mass is 440 g/mol. The summed E-state index contributed by atoms with van der Waals surface area (Å²) < 4.78 is 6.04. The van der Waals surface area contributed by atoms with Gasteiger partial charge in [-0.2, -0.15) is 0 Å². The molecule has 0 spiro atoms. The molecule has 0 aliphatic carbocycles. The van der Waals surface area contributed by atoms with Crippen LogP contribution in [0, 0.1) is 0 Å². The third kappa shape index (κ3) is 4.77. The highest BCUT2D eigenvalue weighted by molar-refractivity contribution is 5.92. The molecule has 33 heavy (non-hydrogen) atoms. The molecule has 0 saturated carbocycles. The van der Waals surface area contributed by atoms with Gasteiger partial charge in [0.15, 0.2) is 5.89 Å². The smallest absolute Gasteiger partial charge is 0.272 e. The molecule has 1 amide bonds. The number of amides is 1. The maximum absolute atomic E-state index is 13.2. The van der Waals surface area contributed by atoms with Crippen molar-refractivity contribution in [2.75, 3.05) is 13.1 Å². The summed E-state index contributed by atoms with van der Waals surface area (Å²) in [6.45, 7) is 1.10. The number of oxazole rings is 1. The lowest BCUT2D eigenvalue weighted by Crippen LogP contribution is -2.40. The van der Waals surface area contributed by atoms with Gasteiger partial charge in [-0.1, -0.05) is 60.7 Å². The Bertz CT molecular complexity index is 1300. The van der Waals surface area contributed by atoms with E-state index in [9.17, 15) is 9.59 Å². The second-order valence-corrected chi connectivity index (χ2v) is 8.26. The molecule has 166 valence electrons. The van der Waals surface area contributed by atoms with E-state index in [0.717, 1.165) is 29.7 Å². The van der Waals surface area contributed by atoms with Crippen LogP contribution in [-0.2, 0) is 6.42 Å². The molecule has 1 aliphatic rings. The molecule has 2 aromatic carbocycles. The highest BCUT2D eigenvalue weighted by Gasteiger charge is 2.29. The van der Waals surface area contributed by atoms with Gasteiger partial charge in [0.05, 0.1) is 12.1 Å². The Balaban J connectivity index is 1.32. The molecule has 5 rings (SSSR count). The van der Waals surface area contributed by atoms with Gasteiger partial charge in [-0.15, -0.1) is 0 Å². The van der Waals surface area contributed by atoms with Crippen molar-refractivity contribution < 1.29 is 9.21 Å². The molecule has 2 aromatic heterocycles. The summed E-state index contributed by atoms with van der Waals surface area (Å²) in [5.74, 6) is 1.62. The Hall–Kier alpha value is -4.00. The van der Waals surface area contributed by atoms with E-state index in [0.29, 0.717) is 31.2 Å². The van der Waals surface area contributed by atoms with Crippen molar-refractivity contribution in [1.29, 1.82) is 0 Å². The number of rotatable bonds is 5. The SMILES string of the molecule is O=C(c1cc(=O)[nH]c(-c2ccccc2)n1)N1CCC[C@H](c2ncc(Cc3ccccc3)o2)C1. The highest BCUT2D eigenvalue weighted by atomic mass is 16.4. The molecule has 1 fully saturated rings. The number of aromatic nitrogens is 3. The number of piperidine rings is 1. The van der Waals surface area contributed by atoms with Crippen molar-refractivity contribution in [1.82, 2.24) is 19.9 Å². The van der Waals surface area contributed by atoms with Gasteiger partial charge in [0, 0.05) is 31.1 Å². The number of carbonyl (C=O) groups is 1. The third-order valence-corrected chi connectivity index (χ3v) is 5.86. The summed E-state index contributed by atoms with van der Waals surface area (Å²) in [5, 5.41) is 0. The molecule has 1 saturated heterocycles. The zero-order valence-corrected chi connectivity index (χ0v) is 18.1. The first kappa shape index (κ1) is 20.9. The Kier molecular flexibility index (Phi) is 5.85. The molecule has 0 unspecified atom stereocenters. The van der Waals surface area contributed by atoms with Gasteiger partial charge >= 0.3 is 0 Å². The summed E-state index contributed by atoms with van der Waals surface area (Å²) >= 11 is 0. The van der Waals surface area contributed by atoms with Crippen LogP contribution < -0.4 is 5.56 Å². The molecule has 0 bridgehead atoms. The highest BCUT2D eigenvalue weighted by Crippen LogP contribution is 2.28. The Morgan fingerprint density at radius 1 is 1.09 bits per heavy atom. The maximum atomic E-state index is 13.2. The van der Waals surface area contributed by atoms with Crippen LogP contribution in [0.5, 0.6) is 0 Å². The van der Waals surface area contributed by atoms with Crippen molar-refractivity contribution >= 4 is 5.91 Å². The topological polar surface area (TPSA) is 92.1 Å². The van der Waals surface area contributed by atoms with Crippen LogP contribution in [-0.4, -0.2) is 38.8 Å². The van der Waals surface area contributed by atoms with E-state index in [4.69, 9.17) is 4.42 Å². The number of hydrogen-bond donors (Lipinski definition) is 1. The normalized spacial score (nSPS) is 16.0. The largest absolute Gasteiger partial charge is 0.445 e. The van der Waals surface area contributed by atoms with Gasteiger partial charge in [0.2, 0.25) is 0 Å². The predicted molar refractivity (Wildman–Crippen MR) is 124 cm³/mol. The van der Waals surface area contributed by atoms with E-state index in [-0.39, 0.29) is 23.1 Å². The molecule has 1 aliphatic heterocycles. The van der Waals surface area contributed by atoms with Crippen molar-refractivity contribution in [3.8, 4) is 11.4 Å². The van der Waals surface area contributed by atoms with Gasteiger partial charge in [0.25, 0.3) is 11.5 Å². The Morgan fingerprint density at radius 2 is 1.85 bits per heavy atom. The summed E-state index contributed by atoms with van der Waals surface area (Å²) in [5.41, 5.74) is 1.72. The molecule has 7 nitrogen and oxygen atoms in total. The van der Waals surface area contributed by atoms with E-state index >= 15 is 0 Å². The minimum Gasteiger partial charge on any atom is -0.445 e. The van der Waals surface area contributed by atoms with Gasteiger partial charge in [-0.3, -0.25) is 9.59 Å². The van der Waals surface area contributed by atoms with Crippen LogP contribution >= 0.6 is 0 Å². The summed E-state index contributed by atoms with van der Waals surface area (Å²) in [6, 6.07) is 20.7. The number of hydrogen-bond acceptors (Lipinski definition) is 5. The lowest BCUT2D eigenvalue weighted by Gasteiger charge is -2.31. The molecule has 3 heterocycles. The second-order valence-electron chi connectivity index (χ2n) is 8.26. The quantitative estimate of drug-likeness (QED) is 0.506. The van der Waals surface area contributed by atoms with Crippen molar-refractivity contribution in [2.24, 2.45) is 0 Å². The molecule has 4 aromatic rings. The molecular weight excluding hydrogens is 416 g/mol. The fraction of sp³-hybridized carbons (Fsp3) is 0.231. The maximum Gasteiger partial charge on any atom is 0.272 e. The van der Waals surface area contributed by atoms with Crippen molar-refractivity contribution in [2.45, 2.75) is 25.2 Å². The molecule has 7 heteroatoms. The first-order valence-corrected chi connectivity index (χ1v) is 11.1. The second kappa shape index (κ2) is 9.24. The Labute approximate surface area is 191 Å². The van der Waals surface area contributed by atoms with Crippen LogP contribution in [0.4, 0.5) is 0 Å². The first-order valence-electron chi connectivity index (χ1n) is 11.1. The molecule has 1 atom stereocenters. The van der Waals surface area contributed by atoms with Crippen LogP contribution in [0.1, 0.15) is 46.5 Å². The number of nitrogens with zero attached hydrogens (tertiary/aromatic N) is 3. The van der Waals surface area contributed by atoms with Gasteiger partial charge in [-0.05, 0) is 18.4 Å². The van der Waals surface area contributed by atoms with E-state index in [1.807, 2.05) is 48.5 Å². The van der Waals surface area contributed by atoms with Crippen molar-refractivity contribution in [3.05, 3.63) is 106 Å². The number of benzene rings is 2. The van der Waals surface area contributed by atoms with Crippen LogP contribution in [0.3, 0.4) is 0 Å². The minimum atomic E-state index is -0.348. The van der Waals surface area contributed by atoms with E-state index in [1.165, 1.54) is 6.07 Å². The zero-order valence-electron chi connectivity index (χ0n) is 18.1. The number of likely N-dealkylation sites (tertiary alicyclic amines) is 1. The van der Waals surface area contributed by atoms with Crippen LogP contribution in [0.25, 0.3) is 11.4 Å². The third-order valence-electron chi connectivity index (χ3n) is 5.86. The number of H-pyrrole nitrogens is 1. The van der Waals surface area contributed by atoms with E-state index in [1.54, 1.807) is 11.1 Å². The fourth-order valence-corrected chi connectivity index (χ4v) is 4.22.